The molecule has 1 heterocycles. The average Bonchev–Trinajstić information content (AvgIpc) is 2.76. The lowest BCUT2D eigenvalue weighted by Crippen LogP contribution is -2.46. The molecule has 1 aromatic rings. The van der Waals surface area contributed by atoms with E-state index in [-0.39, 0.29) is 5.91 Å². The van der Waals surface area contributed by atoms with Crippen molar-refractivity contribution in [2.45, 2.75) is 32.7 Å². The maximum absolute atomic E-state index is 11.6. The van der Waals surface area contributed by atoms with E-state index in [0.717, 1.165) is 44.0 Å². The van der Waals surface area contributed by atoms with Crippen molar-refractivity contribution in [3.8, 4) is 17.2 Å². The molecule has 2 N–H and O–H groups in total. The van der Waals surface area contributed by atoms with E-state index in [4.69, 9.17) is 19.2 Å². The van der Waals surface area contributed by atoms with Gasteiger partial charge in [0, 0.05) is 45.2 Å². The van der Waals surface area contributed by atoms with Crippen LogP contribution in [0.4, 0.5) is 0 Å². The fourth-order valence-electron chi connectivity index (χ4n) is 3.53. The molecule has 1 fully saturated rings. The van der Waals surface area contributed by atoms with Gasteiger partial charge in [-0.2, -0.15) is 0 Å². The quantitative estimate of drug-likeness (QED) is 0.508. The molecule has 29 heavy (non-hydrogen) atoms. The second-order valence-electron chi connectivity index (χ2n) is 6.99. The molecular formula is C21H34N4O4. The molecule has 2 rings (SSSR count). The first-order chi connectivity index (χ1) is 14.1. The molecule has 162 valence electrons. The molecule has 1 amide bonds. The first kappa shape index (κ1) is 22.6. The molecule has 0 aromatic heterocycles. The normalized spacial score (nSPS) is 15.1. The first-order valence-electron chi connectivity index (χ1n) is 10.1. The number of nitrogens with one attached hydrogen (secondary N) is 2. The van der Waals surface area contributed by atoms with E-state index in [1.807, 2.05) is 12.1 Å². The zero-order valence-corrected chi connectivity index (χ0v) is 18.2. The van der Waals surface area contributed by atoms with Crippen molar-refractivity contribution in [3.05, 3.63) is 17.7 Å². The largest absolute Gasteiger partial charge is 0.496 e. The van der Waals surface area contributed by atoms with Gasteiger partial charge in [-0.15, -0.1) is 0 Å². The predicted octanol–water partition coefficient (Wildman–Crippen LogP) is 2.03. The number of carbonyl (C=O) groups is 1. The molecule has 0 bridgehead atoms. The van der Waals surface area contributed by atoms with Crippen molar-refractivity contribution < 1.29 is 19.0 Å². The van der Waals surface area contributed by atoms with Crippen LogP contribution in [0, 0.1) is 5.92 Å². The molecule has 1 aliphatic rings. The Labute approximate surface area is 173 Å². The number of likely N-dealkylation sites (tertiary alicyclic amines) is 1. The van der Waals surface area contributed by atoms with Gasteiger partial charge in [0.1, 0.15) is 17.2 Å². The second kappa shape index (κ2) is 11.4. The van der Waals surface area contributed by atoms with Gasteiger partial charge in [0.05, 0.1) is 33.4 Å². The lowest BCUT2D eigenvalue weighted by atomic mass is 9.93. The zero-order chi connectivity index (χ0) is 21.2. The van der Waals surface area contributed by atoms with Gasteiger partial charge in [0.25, 0.3) is 0 Å². The Morgan fingerprint density at radius 2 is 1.76 bits per heavy atom. The highest BCUT2D eigenvalue weighted by Gasteiger charge is 2.23. The SMILES string of the molecule is CCNC(=NCc1c(OC)cc(OC)cc1OC)N1CCC(CC(=O)NC)CC1. The number of benzene rings is 1. The third kappa shape index (κ3) is 6.17. The van der Waals surface area contributed by atoms with Crippen molar-refractivity contribution in [1.82, 2.24) is 15.5 Å². The summed E-state index contributed by atoms with van der Waals surface area (Å²) in [5.41, 5.74) is 0.876. The van der Waals surface area contributed by atoms with E-state index in [1.54, 1.807) is 28.4 Å². The highest BCUT2D eigenvalue weighted by atomic mass is 16.5. The number of carbonyl (C=O) groups excluding carboxylic acids is 1. The van der Waals surface area contributed by atoms with Gasteiger partial charge in [-0.1, -0.05) is 0 Å². The number of hydrogen-bond acceptors (Lipinski definition) is 5. The average molecular weight is 407 g/mol. The minimum atomic E-state index is 0.114. The number of methoxy groups -OCH3 is 3. The number of aliphatic imine (C=N–C) groups is 1. The fourth-order valence-corrected chi connectivity index (χ4v) is 3.53. The first-order valence-corrected chi connectivity index (χ1v) is 10.1. The van der Waals surface area contributed by atoms with E-state index in [2.05, 4.69) is 22.5 Å². The van der Waals surface area contributed by atoms with Crippen LogP contribution in [0.2, 0.25) is 0 Å². The number of amides is 1. The Morgan fingerprint density at radius 3 is 2.24 bits per heavy atom. The van der Waals surface area contributed by atoms with Gasteiger partial charge in [0.2, 0.25) is 5.91 Å². The molecule has 0 unspecified atom stereocenters. The van der Waals surface area contributed by atoms with Gasteiger partial charge in [-0.25, -0.2) is 4.99 Å². The molecule has 1 aliphatic heterocycles. The number of nitrogens with zero attached hydrogens (tertiary/aromatic N) is 2. The van der Waals surface area contributed by atoms with Gasteiger partial charge >= 0.3 is 0 Å². The van der Waals surface area contributed by atoms with Crippen LogP contribution in [-0.4, -0.2) is 64.8 Å². The van der Waals surface area contributed by atoms with Crippen LogP contribution in [0.15, 0.2) is 17.1 Å². The van der Waals surface area contributed by atoms with Crippen LogP contribution in [0.3, 0.4) is 0 Å². The third-order valence-corrected chi connectivity index (χ3v) is 5.21. The van der Waals surface area contributed by atoms with Crippen LogP contribution in [0.1, 0.15) is 31.7 Å². The molecule has 8 heteroatoms. The summed E-state index contributed by atoms with van der Waals surface area (Å²) >= 11 is 0. The Hall–Kier alpha value is -2.64. The maximum atomic E-state index is 11.6. The van der Waals surface area contributed by atoms with Gasteiger partial charge in [-0.3, -0.25) is 4.79 Å². The van der Waals surface area contributed by atoms with Crippen molar-refractivity contribution in [2.24, 2.45) is 10.9 Å². The molecule has 0 aliphatic carbocycles. The summed E-state index contributed by atoms with van der Waals surface area (Å²) in [7, 11) is 6.56. The summed E-state index contributed by atoms with van der Waals surface area (Å²) in [5.74, 6) is 3.45. The standard InChI is InChI=1S/C21H34N4O4/c1-6-23-21(25-9-7-15(8-10-25)11-20(26)22-2)24-14-17-18(28-4)12-16(27-3)13-19(17)29-5/h12-13,15H,6-11,14H2,1-5H3,(H,22,26)(H,23,24). The van der Waals surface area contributed by atoms with Crippen molar-refractivity contribution >= 4 is 11.9 Å². The summed E-state index contributed by atoms with van der Waals surface area (Å²) in [4.78, 5) is 18.7. The number of guanidine groups is 1. The Balaban J connectivity index is 2.13. The lowest BCUT2D eigenvalue weighted by Gasteiger charge is -2.34. The van der Waals surface area contributed by atoms with Crippen molar-refractivity contribution in [2.75, 3.05) is 48.0 Å². The molecule has 0 saturated carbocycles. The van der Waals surface area contributed by atoms with Gasteiger partial charge < -0.3 is 29.7 Å². The van der Waals surface area contributed by atoms with E-state index < -0.39 is 0 Å². The van der Waals surface area contributed by atoms with Gasteiger partial charge in [0.15, 0.2) is 5.96 Å². The van der Waals surface area contributed by atoms with Crippen LogP contribution >= 0.6 is 0 Å². The van der Waals surface area contributed by atoms with E-state index in [0.29, 0.717) is 36.1 Å². The van der Waals surface area contributed by atoms with Crippen LogP contribution in [0.5, 0.6) is 17.2 Å². The third-order valence-electron chi connectivity index (χ3n) is 5.21. The highest BCUT2D eigenvalue weighted by Crippen LogP contribution is 2.34. The molecule has 1 saturated heterocycles. The molecule has 0 atom stereocenters. The monoisotopic (exact) mass is 406 g/mol. The summed E-state index contributed by atoms with van der Waals surface area (Å²) in [6.07, 6.45) is 2.55. The zero-order valence-electron chi connectivity index (χ0n) is 18.2. The molecule has 1 aromatic carbocycles. The maximum Gasteiger partial charge on any atom is 0.220 e. The smallest absolute Gasteiger partial charge is 0.220 e. The number of piperidine rings is 1. The van der Waals surface area contributed by atoms with E-state index in [9.17, 15) is 4.79 Å². The lowest BCUT2D eigenvalue weighted by molar-refractivity contribution is -0.121. The number of rotatable bonds is 8. The molecule has 0 spiro atoms. The minimum Gasteiger partial charge on any atom is -0.496 e. The highest BCUT2D eigenvalue weighted by molar-refractivity contribution is 5.80. The minimum absolute atomic E-state index is 0.114. The summed E-state index contributed by atoms with van der Waals surface area (Å²) in [6, 6.07) is 3.68. The summed E-state index contributed by atoms with van der Waals surface area (Å²) < 4.78 is 16.4. The van der Waals surface area contributed by atoms with Crippen LogP contribution in [-0.2, 0) is 11.3 Å². The Kier molecular flexibility index (Phi) is 8.89. The topological polar surface area (TPSA) is 84.4 Å². The molecule has 0 radical (unpaired) electrons. The Bertz CT molecular complexity index is 675. The summed E-state index contributed by atoms with van der Waals surface area (Å²) in [5, 5.41) is 6.09. The second-order valence-corrected chi connectivity index (χ2v) is 6.99. The van der Waals surface area contributed by atoms with Crippen LogP contribution in [0.25, 0.3) is 0 Å². The summed E-state index contributed by atoms with van der Waals surface area (Å²) in [6.45, 7) is 5.03. The van der Waals surface area contributed by atoms with Gasteiger partial charge in [-0.05, 0) is 25.7 Å². The van der Waals surface area contributed by atoms with Crippen molar-refractivity contribution in [1.29, 1.82) is 0 Å². The predicted molar refractivity (Wildman–Crippen MR) is 114 cm³/mol. The molecular weight excluding hydrogens is 372 g/mol. The van der Waals surface area contributed by atoms with Crippen LogP contribution < -0.4 is 24.8 Å². The van der Waals surface area contributed by atoms with E-state index in [1.165, 1.54) is 0 Å². The number of ether oxygens (including phenoxy) is 3. The van der Waals surface area contributed by atoms with Crippen molar-refractivity contribution in [3.63, 3.8) is 0 Å². The fraction of sp³-hybridized carbons (Fsp3) is 0.619. The van der Waals surface area contributed by atoms with E-state index >= 15 is 0 Å². The Morgan fingerprint density at radius 1 is 1.14 bits per heavy atom. The number of hydrogen-bond donors (Lipinski definition) is 2. The molecule has 8 nitrogen and oxygen atoms in total.